The number of anilines is 1. The van der Waals surface area contributed by atoms with Crippen molar-refractivity contribution in [3.63, 3.8) is 0 Å². The normalized spacial score (nSPS) is 18.3. The molecule has 218 valence electrons. The number of pyridine rings is 1. The van der Waals surface area contributed by atoms with Crippen LogP contribution in [0.15, 0.2) is 18.3 Å². The van der Waals surface area contributed by atoms with Gasteiger partial charge in [0.15, 0.2) is 8.24 Å². The number of hydrogen-bond donors (Lipinski definition) is 1. The Morgan fingerprint density at radius 1 is 1.00 bits per heavy atom. The molecule has 11 nitrogen and oxygen atoms in total. The first kappa shape index (κ1) is 32.2. The lowest BCUT2D eigenvalue weighted by molar-refractivity contribution is -0.162. The minimum absolute atomic E-state index is 0.00477. The van der Waals surface area contributed by atoms with Gasteiger partial charge in [-0.1, -0.05) is 33.9 Å². The number of β-lactam (4-membered cyclic amide) rings is 1. The number of carbonyl (C=O) groups excluding carboxylic acids is 4. The largest absolute Gasteiger partial charge is 0.467 e. The maximum absolute atomic E-state index is 13.3. The summed E-state index contributed by atoms with van der Waals surface area (Å²) in [6, 6.07) is 1.70. The van der Waals surface area contributed by atoms with Crippen molar-refractivity contribution in [2.24, 2.45) is 0 Å². The second-order valence-electron chi connectivity index (χ2n) is 13.2. The van der Waals surface area contributed by atoms with E-state index in [1.165, 1.54) is 19.4 Å². The maximum atomic E-state index is 13.3. The van der Waals surface area contributed by atoms with Crippen LogP contribution in [0.3, 0.4) is 0 Å². The van der Waals surface area contributed by atoms with Crippen LogP contribution in [0.5, 0.6) is 0 Å². The predicted molar refractivity (Wildman–Crippen MR) is 150 cm³/mol. The van der Waals surface area contributed by atoms with Crippen LogP contribution in [-0.2, 0) is 30.3 Å². The summed E-state index contributed by atoms with van der Waals surface area (Å²) in [6.07, 6.45) is -0.422. The Hall–Kier alpha value is -2.99. The molecule has 0 saturated carbocycles. The highest BCUT2D eigenvalue weighted by molar-refractivity contribution is 6.80. The van der Waals surface area contributed by atoms with E-state index in [-0.39, 0.29) is 23.3 Å². The molecule has 2 rings (SSSR count). The first-order valence-electron chi connectivity index (χ1n) is 13.0. The van der Waals surface area contributed by atoms with Crippen molar-refractivity contribution in [2.45, 2.75) is 110 Å². The molecule has 0 spiro atoms. The summed E-state index contributed by atoms with van der Waals surface area (Å²) in [4.78, 5) is 56.9. The summed E-state index contributed by atoms with van der Waals surface area (Å²) < 4.78 is 17.6. The van der Waals surface area contributed by atoms with Gasteiger partial charge in [0.25, 0.3) is 0 Å². The summed E-state index contributed by atoms with van der Waals surface area (Å²) >= 11 is 0. The number of aromatic nitrogens is 1. The summed E-state index contributed by atoms with van der Waals surface area (Å²) in [5.41, 5.74) is -1.10. The van der Waals surface area contributed by atoms with Gasteiger partial charge in [0, 0.05) is 12.7 Å². The number of imide groups is 1. The fraction of sp³-hybridized carbons (Fsp3) is 0.667. The molecule has 1 fully saturated rings. The number of nitrogens with zero attached hydrogens (tertiary/aromatic N) is 3. The Labute approximate surface area is 232 Å². The average molecular weight is 565 g/mol. The van der Waals surface area contributed by atoms with E-state index in [2.05, 4.69) is 44.2 Å². The van der Waals surface area contributed by atoms with Crippen LogP contribution < -0.4 is 10.2 Å². The molecule has 0 aliphatic carbocycles. The second kappa shape index (κ2) is 11.2. The summed E-state index contributed by atoms with van der Waals surface area (Å²) in [7, 11) is -1.03. The van der Waals surface area contributed by atoms with Gasteiger partial charge in [-0.2, -0.15) is 4.90 Å². The summed E-state index contributed by atoms with van der Waals surface area (Å²) in [6.45, 7) is 20.6. The fourth-order valence-corrected chi connectivity index (χ4v) is 6.19. The van der Waals surface area contributed by atoms with Gasteiger partial charge in [-0.05, 0) is 64.3 Å². The molecule has 1 aromatic heterocycles. The Balaban J connectivity index is 2.32. The molecule has 2 atom stereocenters. The van der Waals surface area contributed by atoms with Gasteiger partial charge in [0.05, 0.1) is 7.11 Å². The van der Waals surface area contributed by atoms with E-state index in [0.29, 0.717) is 5.56 Å². The highest BCUT2D eigenvalue weighted by Gasteiger charge is 2.60. The molecule has 1 saturated heterocycles. The molecule has 3 amide bonds. The van der Waals surface area contributed by atoms with E-state index >= 15 is 0 Å². The third-order valence-electron chi connectivity index (χ3n) is 6.69. The number of amides is 3. The van der Waals surface area contributed by atoms with E-state index in [1.54, 1.807) is 52.2 Å². The SMILES string of the molecule is COC(=O)C1C(NCc2ccnc(N(C(=O)OC(C)(C)C)C(=O)OC(C)(C)C)c2)C(=O)N1[Si](C)(C)C(C)(C)C. The summed E-state index contributed by atoms with van der Waals surface area (Å²) in [5.74, 6) is -0.631. The van der Waals surface area contributed by atoms with Crippen LogP contribution >= 0.6 is 0 Å². The van der Waals surface area contributed by atoms with Crippen molar-refractivity contribution >= 4 is 38.1 Å². The van der Waals surface area contributed by atoms with Crippen LogP contribution in [0, 0.1) is 0 Å². The molecule has 1 aromatic rings. The zero-order chi connectivity index (χ0) is 30.1. The van der Waals surface area contributed by atoms with E-state index in [0.717, 1.165) is 4.90 Å². The van der Waals surface area contributed by atoms with Gasteiger partial charge in [0.2, 0.25) is 5.91 Å². The lowest BCUT2D eigenvalue weighted by Crippen LogP contribution is -2.80. The topological polar surface area (TPSA) is 127 Å². The van der Waals surface area contributed by atoms with E-state index in [9.17, 15) is 19.2 Å². The maximum Gasteiger partial charge on any atom is 0.425 e. The minimum Gasteiger partial charge on any atom is -0.467 e. The third kappa shape index (κ3) is 7.56. The zero-order valence-corrected chi connectivity index (χ0v) is 26.3. The number of methoxy groups -OCH3 is 1. The van der Waals surface area contributed by atoms with Gasteiger partial charge in [0.1, 0.15) is 29.1 Å². The van der Waals surface area contributed by atoms with Gasteiger partial charge in [-0.3, -0.25) is 10.1 Å². The van der Waals surface area contributed by atoms with Crippen LogP contribution in [-0.4, -0.2) is 72.2 Å². The standard InChI is InChI=1S/C27H44N4O7Si/c1-25(2,3)37-23(34)30(24(35)38-26(4,5)6)18-15-17(13-14-28-18)16-29-19-20(22(33)36-10)31(21(19)32)39(11,12)27(7,8)9/h13-15,19-20,29H,16H2,1-12H3. The Kier molecular flexibility index (Phi) is 9.29. The molecule has 1 aliphatic rings. The molecular weight excluding hydrogens is 520 g/mol. The monoisotopic (exact) mass is 564 g/mol. The van der Waals surface area contributed by atoms with E-state index in [4.69, 9.17) is 14.2 Å². The Morgan fingerprint density at radius 2 is 1.51 bits per heavy atom. The number of rotatable bonds is 6. The number of hydrogen-bond acceptors (Lipinski definition) is 9. The molecule has 2 unspecified atom stereocenters. The van der Waals surface area contributed by atoms with E-state index in [1.807, 2.05) is 0 Å². The quantitative estimate of drug-likeness (QED) is 0.228. The van der Waals surface area contributed by atoms with Gasteiger partial charge in [-0.25, -0.2) is 19.4 Å². The minimum atomic E-state index is -2.34. The van der Waals surface area contributed by atoms with Gasteiger partial charge >= 0.3 is 18.2 Å². The zero-order valence-electron chi connectivity index (χ0n) is 25.3. The Bertz CT molecular complexity index is 1070. The molecule has 12 heteroatoms. The lowest BCUT2D eigenvalue weighted by atomic mass is 9.98. The lowest BCUT2D eigenvalue weighted by Gasteiger charge is -2.57. The Morgan fingerprint density at radius 3 is 1.95 bits per heavy atom. The van der Waals surface area contributed by atoms with Crippen molar-refractivity contribution < 1.29 is 33.4 Å². The molecule has 0 radical (unpaired) electrons. The number of carbonyl (C=O) groups is 4. The number of esters is 1. The molecule has 1 aliphatic heterocycles. The van der Waals surface area contributed by atoms with Crippen molar-refractivity contribution in [3.8, 4) is 0 Å². The van der Waals surface area contributed by atoms with Crippen LogP contribution in [0.2, 0.25) is 18.1 Å². The molecule has 1 N–H and O–H groups in total. The van der Waals surface area contributed by atoms with Crippen molar-refractivity contribution in [1.82, 2.24) is 14.9 Å². The smallest absolute Gasteiger partial charge is 0.425 e. The van der Waals surface area contributed by atoms with Gasteiger partial charge in [-0.15, -0.1) is 0 Å². The first-order valence-corrected chi connectivity index (χ1v) is 15.9. The highest BCUT2D eigenvalue weighted by atomic mass is 28.3. The van der Waals surface area contributed by atoms with Crippen molar-refractivity contribution in [3.05, 3.63) is 23.9 Å². The van der Waals surface area contributed by atoms with Crippen LogP contribution in [0.4, 0.5) is 15.4 Å². The van der Waals surface area contributed by atoms with Crippen LogP contribution in [0.25, 0.3) is 0 Å². The first-order chi connectivity index (χ1) is 17.6. The van der Waals surface area contributed by atoms with Gasteiger partial charge < -0.3 is 18.8 Å². The third-order valence-corrected chi connectivity index (χ3v) is 12.1. The van der Waals surface area contributed by atoms with E-state index < -0.39 is 49.7 Å². The molecule has 0 aromatic carbocycles. The molecule has 39 heavy (non-hydrogen) atoms. The number of nitrogens with one attached hydrogen (secondary N) is 1. The number of ether oxygens (including phenoxy) is 3. The van der Waals surface area contributed by atoms with Crippen molar-refractivity contribution in [1.29, 1.82) is 0 Å². The average Bonchev–Trinajstić information content (AvgIpc) is 2.73. The molecule has 2 heterocycles. The van der Waals surface area contributed by atoms with Crippen LogP contribution in [0.1, 0.15) is 67.9 Å². The molecular formula is C27H44N4O7Si. The highest BCUT2D eigenvalue weighted by Crippen LogP contribution is 2.43. The summed E-state index contributed by atoms with van der Waals surface area (Å²) in [5, 5.41) is 3.00. The molecule has 0 bridgehead atoms. The predicted octanol–water partition coefficient (Wildman–Crippen LogP) is 4.61. The van der Waals surface area contributed by atoms with Crippen molar-refractivity contribution in [2.75, 3.05) is 12.0 Å². The fourth-order valence-electron chi connectivity index (χ4n) is 3.83. The second-order valence-corrected chi connectivity index (χ2v) is 18.3.